The Morgan fingerprint density at radius 2 is 1.22 bits per heavy atom. The molecule has 0 unspecified atom stereocenters. The van der Waals surface area contributed by atoms with Crippen LogP contribution in [0.15, 0.2) is 28.2 Å². The Morgan fingerprint density at radius 3 is 1.65 bits per heavy atom. The summed E-state index contributed by atoms with van der Waals surface area (Å²) in [4.78, 5) is 13.8. The Balaban J connectivity index is 0. The van der Waals surface area contributed by atoms with Gasteiger partial charge < -0.3 is 35.4 Å². The first-order valence-corrected chi connectivity index (χ1v) is 7.19. The SMILES string of the molecule is CC1=NCCNCCNCCN=C(C)c2cccc1n2.[Cl-].[Cl-].[Cu+2]. The number of nitrogens with one attached hydrogen (secondary N) is 2. The van der Waals surface area contributed by atoms with E-state index in [9.17, 15) is 0 Å². The number of aliphatic imine (C=N–C) groups is 2. The van der Waals surface area contributed by atoms with Gasteiger partial charge in [-0.15, -0.1) is 0 Å². The number of hydrogen-bond acceptors (Lipinski definition) is 5. The van der Waals surface area contributed by atoms with E-state index in [2.05, 4.69) is 25.6 Å². The zero-order chi connectivity index (χ0) is 14.2. The van der Waals surface area contributed by atoms with Gasteiger partial charge in [-0.25, -0.2) is 4.98 Å². The van der Waals surface area contributed by atoms with Gasteiger partial charge in [0, 0.05) is 26.2 Å². The maximum absolute atomic E-state index is 4.64. The number of rotatable bonds is 0. The molecule has 1 aliphatic heterocycles. The molecule has 1 radical (unpaired) electrons. The van der Waals surface area contributed by atoms with E-state index in [-0.39, 0.29) is 41.9 Å². The van der Waals surface area contributed by atoms with Crippen molar-refractivity contribution in [3.63, 3.8) is 0 Å². The van der Waals surface area contributed by atoms with Crippen molar-refractivity contribution in [2.75, 3.05) is 39.3 Å². The number of aromatic nitrogens is 1. The fourth-order valence-corrected chi connectivity index (χ4v) is 2.03. The van der Waals surface area contributed by atoms with Gasteiger partial charge in [0.2, 0.25) is 0 Å². The van der Waals surface area contributed by atoms with Crippen molar-refractivity contribution < 1.29 is 41.9 Å². The van der Waals surface area contributed by atoms with Crippen molar-refractivity contribution in [2.45, 2.75) is 13.8 Å². The van der Waals surface area contributed by atoms with Crippen molar-refractivity contribution in [2.24, 2.45) is 9.98 Å². The Hall–Kier alpha value is -0.491. The van der Waals surface area contributed by atoms with Crippen LogP contribution in [-0.2, 0) is 17.1 Å². The number of hydrogen-bond donors (Lipinski definition) is 2. The minimum absolute atomic E-state index is 0. The normalized spacial score (nSPS) is 16.1. The van der Waals surface area contributed by atoms with E-state index in [1.807, 2.05) is 32.0 Å². The molecule has 5 nitrogen and oxygen atoms in total. The van der Waals surface area contributed by atoms with Crippen LogP contribution in [0.3, 0.4) is 0 Å². The van der Waals surface area contributed by atoms with Gasteiger partial charge in [0.25, 0.3) is 0 Å². The molecule has 0 spiro atoms. The molecule has 0 atom stereocenters. The van der Waals surface area contributed by atoms with Crippen LogP contribution in [0, 0.1) is 0 Å². The first-order chi connectivity index (χ1) is 9.77. The molecule has 2 N–H and O–H groups in total. The molecule has 2 rings (SSSR count). The van der Waals surface area contributed by atoms with Gasteiger partial charge in [-0.3, -0.25) is 9.98 Å². The molecule has 0 amide bonds. The summed E-state index contributed by atoms with van der Waals surface area (Å²) in [5.74, 6) is 0. The van der Waals surface area contributed by atoms with Gasteiger partial charge in [-0.2, -0.15) is 0 Å². The maximum atomic E-state index is 4.64. The zero-order valence-electron chi connectivity index (χ0n) is 13.4. The van der Waals surface area contributed by atoms with Crippen molar-refractivity contribution in [3.05, 3.63) is 29.6 Å². The Labute approximate surface area is 161 Å². The van der Waals surface area contributed by atoms with E-state index < -0.39 is 0 Å². The summed E-state index contributed by atoms with van der Waals surface area (Å²) in [7, 11) is 0. The predicted octanol–water partition coefficient (Wildman–Crippen LogP) is -5.10. The summed E-state index contributed by atoms with van der Waals surface area (Å²) in [6, 6.07) is 6.02. The Bertz CT molecular complexity index is 467. The van der Waals surface area contributed by atoms with Crippen molar-refractivity contribution in [3.8, 4) is 0 Å². The average molecular weight is 408 g/mol. The summed E-state index contributed by atoms with van der Waals surface area (Å²) in [6.45, 7) is 9.31. The van der Waals surface area contributed by atoms with Gasteiger partial charge in [0.15, 0.2) is 0 Å². The molecule has 1 aromatic rings. The first kappa shape index (κ1) is 24.8. The van der Waals surface area contributed by atoms with E-state index in [4.69, 9.17) is 0 Å². The van der Waals surface area contributed by atoms with Crippen molar-refractivity contribution in [1.82, 2.24) is 15.6 Å². The van der Waals surface area contributed by atoms with Crippen LogP contribution >= 0.6 is 0 Å². The topological polar surface area (TPSA) is 61.7 Å². The first-order valence-electron chi connectivity index (χ1n) is 7.19. The Kier molecular flexibility index (Phi) is 15.0. The second-order valence-corrected chi connectivity index (χ2v) is 4.84. The molecule has 0 fully saturated rings. The van der Waals surface area contributed by atoms with Crippen LogP contribution in [0.2, 0.25) is 0 Å². The van der Waals surface area contributed by atoms with Crippen molar-refractivity contribution in [1.29, 1.82) is 0 Å². The second-order valence-electron chi connectivity index (χ2n) is 4.84. The monoisotopic (exact) mass is 406 g/mol. The maximum Gasteiger partial charge on any atom is 2.00 e. The van der Waals surface area contributed by atoms with E-state index in [1.54, 1.807) is 0 Å². The predicted molar refractivity (Wildman–Crippen MR) is 84.1 cm³/mol. The summed E-state index contributed by atoms with van der Waals surface area (Å²) < 4.78 is 0. The minimum Gasteiger partial charge on any atom is -1.00 e. The van der Waals surface area contributed by atoms with Gasteiger partial charge in [-0.1, -0.05) is 6.07 Å². The molecule has 0 aliphatic carbocycles. The zero-order valence-corrected chi connectivity index (χ0v) is 15.8. The van der Waals surface area contributed by atoms with Gasteiger partial charge >= 0.3 is 17.1 Å². The van der Waals surface area contributed by atoms with E-state index in [0.29, 0.717) is 0 Å². The minimum atomic E-state index is 0. The third-order valence-corrected chi connectivity index (χ3v) is 3.24. The summed E-state index contributed by atoms with van der Waals surface area (Å²) in [5, 5.41) is 6.73. The molecule has 133 valence electrons. The molecule has 1 aliphatic rings. The summed E-state index contributed by atoms with van der Waals surface area (Å²) in [6.07, 6.45) is 0. The van der Waals surface area contributed by atoms with Gasteiger partial charge in [-0.05, 0) is 26.0 Å². The van der Waals surface area contributed by atoms with Crippen molar-refractivity contribution >= 4 is 11.4 Å². The smallest absolute Gasteiger partial charge is 1.00 e. The molecule has 0 saturated carbocycles. The van der Waals surface area contributed by atoms with Crippen LogP contribution in [0.4, 0.5) is 0 Å². The number of fused-ring (bicyclic) bond motifs is 2. The summed E-state index contributed by atoms with van der Waals surface area (Å²) >= 11 is 0. The molecule has 2 heterocycles. The molecule has 1 aromatic heterocycles. The van der Waals surface area contributed by atoms with Gasteiger partial charge in [0.1, 0.15) is 0 Å². The molecule has 23 heavy (non-hydrogen) atoms. The van der Waals surface area contributed by atoms with Crippen LogP contribution < -0.4 is 35.4 Å². The quantitative estimate of drug-likeness (QED) is 0.423. The van der Waals surface area contributed by atoms with Crippen LogP contribution in [-0.4, -0.2) is 55.7 Å². The molecule has 2 bridgehead atoms. The number of halogens is 2. The number of pyridine rings is 1. The fourth-order valence-electron chi connectivity index (χ4n) is 2.03. The number of nitrogens with zero attached hydrogens (tertiary/aromatic N) is 3. The third kappa shape index (κ3) is 8.80. The fraction of sp³-hybridized carbons (Fsp3) is 0.533. The van der Waals surface area contributed by atoms with E-state index in [1.165, 1.54) is 0 Å². The molecule has 8 heteroatoms. The van der Waals surface area contributed by atoms with Crippen LogP contribution in [0.25, 0.3) is 0 Å². The Morgan fingerprint density at radius 1 is 0.783 bits per heavy atom. The molecular weight excluding hydrogens is 385 g/mol. The second kappa shape index (κ2) is 13.9. The molecule has 0 aromatic carbocycles. The summed E-state index contributed by atoms with van der Waals surface area (Å²) in [5.41, 5.74) is 3.83. The largest absolute Gasteiger partial charge is 2.00 e. The average Bonchev–Trinajstić information content (AvgIpc) is 2.48. The van der Waals surface area contributed by atoms with Gasteiger partial charge in [0.05, 0.1) is 35.9 Å². The molecule has 0 saturated heterocycles. The van der Waals surface area contributed by atoms with E-state index in [0.717, 1.165) is 62.1 Å². The van der Waals surface area contributed by atoms with Crippen LogP contribution in [0.5, 0.6) is 0 Å². The van der Waals surface area contributed by atoms with E-state index >= 15 is 0 Å². The van der Waals surface area contributed by atoms with Crippen LogP contribution in [0.1, 0.15) is 25.2 Å². The molecular formula is C15H23Cl2CuN5. The third-order valence-electron chi connectivity index (χ3n) is 3.24. The standard InChI is InChI=1S/C15H23N5.2ClH.Cu/c1-12-14-4-3-5-15(20-14)13(2)19-11-9-17-7-6-16-8-10-18-12;;;/h3-5,16-17H,6-11H2,1-2H3;2*1H;/q;;;+2/p-2.